The van der Waals surface area contributed by atoms with Crippen molar-refractivity contribution < 1.29 is 17.3 Å². The van der Waals surface area contributed by atoms with Crippen LogP contribution in [0.1, 0.15) is 6.92 Å². The molecule has 6 heteroatoms. The summed E-state index contributed by atoms with van der Waals surface area (Å²) in [5.41, 5.74) is 0. The molecule has 0 amide bonds. The van der Waals surface area contributed by atoms with Gasteiger partial charge in [0.05, 0.1) is 0 Å². The van der Waals surface area contributed by atoms with Crippen LogP contribution < -0.4 is 9.00 Å². The molecule has 1 aromatic rings. The van der Waals surface area contributed by atoms with Crippen LogP contribution in [0.5, 0.6) is 0 Å². The van der Waals surface area contributed by atoms with Crippen molar-refractivity contribution in [2.75, 3.05) is 0 Å². The van der Waals surface area contributed by atoms with Gasteiger partial charge in [-0.1, -0.05) is 0 Å². The Balaban J connectivity index is 2.76. The third-order valence-electron chi connectivity index (χ3n) is 1.38. The Morgan fingerprint density at radius 2 is 1.93 bits per heavy atom. The summed E-state index contributed by atoms with van der Waals surface area (Å²) in [7, 11) is 0. The van der Waals surface area contributed by atoms with Gasteiger partial charge < -0.3 is 0 Å². The summed E-state index contributed by atoms with van der Waals surface area (Å²) in [5, 5.41) is 0. The van der Waals surface area contributed by atoms with Crippen molar-refractivity contribution in [2.24, 2.45) is 4.65 Å². The summed E-state index contributed by atoms with van der Waals surface area (Å²) in [4.78, 5) is 14.6. The predicted molar refractivity (Wildman–Crippen MR) is 49.6 cm³/mol. The topological polar surface area (TPSA) is 78.6 Å². The number of rotatable bonds is 3. The van der Waals surface area contributed by atoms with Crippen LogP contribution in [0.3, 0.4) is 0 Å². The maximum atomic E-state index is 11.7. The summed E-state index contributed by atoms with van der Waals surface area (Å²) in [6.07, 6.45) is 0. The second kappa shape index (κ2) is 4.46. The van der Waals surface area contributed by atoms with Crippen LogP contribution in [0.15, 0.2) is 30.3 Å². The van der Waals surface area contributed by atoms with E-state index in [1.807, 2.05) is 0 Å². The fraction of sp³-hybridized carbons (Fsp3) is 0.125. The zero-order valence-corrected chi connectivity index (χ0v) is 9.42. The van der Waals surface area contributed by atoms with Crippen LogP contribution in [-0.4, -0.2) is 20.0 Å². The maximum absolute atomic E-state index is 11.7. The summed E-state index contributed by atoms with van der Waals surface area (Å²) in [6.45, 7) is 1.14. The molecule has 0 spiro atoms. The second-order valence-corrected chi connectivity index (χ2v) is 6.48. The van der Waals surface area contributed by atoms with E-state index in [9.17, 15) is 8.53 Å². The number of carbonyl (C=O) groups is 1. The van der Waals surface area contributed by atoms with Gasteiger partial charge in [0.15, 0.2) is 0 Å². The van der Waals surface area contributed by atoms with E-state index < -0.39 is 20.0 Å². The zero-order valence-electron chi connectivity index (χ0n) is 7.54. The molecule has 0 radical (unpaired) electrons. The molecular formula is C8H10AsNO4. The molecule has 14 heavy (non-hydrogen) atoms. The van der Waals surface area contributed by atoms with E-state index >= 15 is 0 Å². The summed E-state index contributed by atoms with van der Waals surface area (Å²) >= 11 is -4.18. The molecule has 0 fully saturated rings. The molecule has 0 aliphatic heterocycles. The van der Waals surface area contributed by atoms with Crippen molar-refractivity contribution in [2.45, 2.75) is 6.92 Å². The first-order chi connectivity index (χ1) is 6.52. The Morgan fingerprint density at radius 1 is 1.36 bits per heavy atom. The average Bonchev–Trinajstić information content (AvgIpc) is 2.16. The average molecular weight is 259 g/mol. The van der Waals surface area contributed by atoms with Gasteiger partial charge in [0.2, 0.25) is 0 Å². The van der Waals surface area contributed by atoms with Gasteiger partial charge in [-0.05, 0) is 0 Å². The van der Waals surface area contributed by atoms with Gasteiger partial charge in [-0.15, -0.1) is 0 Å². The molecule has 0 aliphatic rings. The molecule has 1 rings (SSSR count). The van der Waals surface area contributed by atoms with E-state index in [2.05, 4.69) is 8.76 Å². The normalized spacial score (nSPS) is 14.4. The summed E-state index contributed by atoms with van der Waals surface area (Å²) in [6, 6.07) is 8.22. The Bertz CT molecular complexity index is 365. The molecule has 0 saturated carbocycles. The summed E-state index contributed by atoms with van der Waals surface area (Å²) in [5.74, 6) is -0.687. The van der Waals surface area contributed by atoms with Crippen LogP contribution in [0.25, 0.3) is 0 Å². The van der Waals surface area contributed by atoms with Gasteiger partial charge in [0.25, 0.3) is 0 Å². The molecule has 0 heterocycles. The Hall–Kier alpha value is -1.03. The van der Waals surface area contributed by atoms with Crippen molar-refractivity contribution in [1.82, 2.24) is 0 Å². The van der Waals surface area contributed by atoms with Crippen molar-refractivity contribution in [3.8, 4) is 0 Å². The first kappa shape index (κ1) is 11.0. The zero-order chi connectivity index (χ0) is 10.6. The molecule has 0 bridgehead atoms. The van der Waals surface area contributed by atoms with E-state index in [4.69, 9.17) is 4.65 Å². The van der Waals surface area contributed by atoms with Gasteiger partial charge in [-0.25, -0.2) is 0 Å². The fourth-order valence-corrected chi connectivity index (χ4v) is 2.65. The van der Waals surface area contributed by atoms with Gasteiger partial charge in [0.1, 0.15) is 0 Å². The molecule has 1 unspecified atom stereocenters. The van der Waals surface area contributed by atoms with E-state index in [0.717, 1.165) is 6.92 Å². The van der Waals surface area contributed by atoms with E-state index in [1.54, 1.807) is 30.3 Å². The molecule has 0 saturated heterocycles. The van der Waals surface area contributed by atoms with Gasteiger partial charge in [0, 0.05) is 0 Å². The SMILES string of the molecule is CC(=O)OO[As](N)(=O)c1ccccc1. The molecule has 5 nitrogen and oxygen atoms in total. The minimum absolute atomic E-state index is 0.354. The van der Waals surface area contributed by atoms with Crippen LogP contribution in [0.2, 0.25) is 0 Å². The van der Waals surface area contributed by atoms with E-state index in [0.29, 0.717) is 4.35 Å². The number of nitrogens with two attached hydrogens (primary N) is 1. The molecule has 76 valence electrons. The molecule has 1 atom stereocenters. The van der Waals surface area contributed by atoms with Crippen LogP contribution in [0, 0.1) is 0 Å². The number of carbonyl (C=O) groups excluding carboxylic acids is 1. The van der Waals surface area contributed by atoms with Gasteiger partial charge in [-0.3, -0.25) is 0 Å². The quantitative estimate of drug-likeness (QED) is 0.458. The third kappa shape index (κ3) is 3.03. The van der Waals surface area contributed by atoms with E-state index in [-0.39, 0.29) is 0 Å². The van der Waals surface area contributed by atoms with E-state index in [1.165, 1.54) is 0 Å². The van der Waals surface area contributed by atoms with Crippen molar-refractivity contribution in [3.05, 3.63) is 30.3 Å². The number of hydrogen-bond donors (Lipinski definition) is 1. The molecule has 0 aromatic heterocycles. The van der Waals surface area contributed by atoms with Crippen LogP contribution >= 0.6 is 0 Å². The number of benzene rings is 1. The van der Waals surface area contributed by atoms with Crippen molar-refractivity contribution in [1.29, 1.82) is 0 Å². The third-order valence-corrected chi connectivity index (χ3v) is 4.14. The van der Waals surface area contributed by atoms with Crippen LogP contribution in [-0.2, 0) is 17.3 Å². The van der Waals surface area contributed by atoms with Crippen LogP contribution in [0.4, 0.5) is 0 Å². The molecule has 0 aliphatic carbocycles. The molecule has 2 N–H and O–H groups in total. The Kier molecular flexibility index (Phi) is 3.52. The number of hydrogen-bond acceptors (Lipinski definition) is 4. The minimum atomic E-state index is -4.18. The molecule has 1 aromatic carbocycles. The standard InChI is InChI=1S/C8H10AsNO4/c1-7(11)13-14-9(10,12)8-5-3-2-4-6-8/h2-6H,1H3,(H2,10,12). The molecular weight excluding hydrogens is 249 g/mol. The predicted octanol–water partition coefficient (Wildman–Crippen LogP) is -0.284. The fourth-order valence-electron chi connectivity index (χ4n) is 0.787. The van der Waals surface area contributed by atoms with Gasteiger partial charge >= 0.3 is 83.6 Å². The van der Waals surface area contributed by atoms with Crippen molar-refractivity contribution >= 4 is 24.4 Å². The second-order valence-electron chi connectivity index (χ2n) is 2.58. The first-order valence-corrected chi connectivity index (χ1v) is 7.39. The summed E-state index contributed by atoms with van der Waals surface area (Å²) < 4.78 is 21.8. The monoisotopic (exact) mass is 259 g/mol. The Morgan fingerprint density at radius 3 is 2.43 bits per heavy atom. The first-order valence-electron chi connectivity index (χ1n) is 3.83. The Labute approximate surface area is 84.0 Å². The van der Waals surface area contributed by atoms with Gasteiger partial charge in [-0.2, -0.15) is 0 Å². The van der Waals surface area contributed by atoms with Crippen molar-refractivity contribution in [3.63, 3.8) is 0 Å².